The van der Waals surface area contributed by atoms with E-state index in [0.29, 0.717) is 6.04 Å². The molecule has 1 unspecified atom stereocenters. The Labute approximate surface area is 113 Å². The number of piperazine rings is 1. The fraction of sp³-hybridized carbons (Fsp3) is 0.467. The van der Waals surface area contributed by atoms with Crippen molar-refractivity contribution in [2.45, 2.75) is 19.4 Å². The fourth-order valence-corrected chi connectivity index (χ4v) is 2.68. The van der Waals surface area contributed by atoms with Crippen LogP contribution in [0, 0.1) is 0 Å². The molecular weight excluding hydrogens is 236 g/mol. The molecule has 2 heterocycles. The summed E-state index contributed by atoms with van der Waals surface area (Å²) in [5.41, 5.74) is 2.06. The first-order valence-electron chi connectivity index (χ1n) is 6.99. The Kier molecular flexibility index (Phi) is 3.71. The van der Waals surface area contributed by atoms with E-state index in [2.05, 4.69) is 39.5 Å². The minimum absolute atomic E-state index is 0.526. The molecule has 1 fully saturated rings. The summed E-state index contributed by atoms with van der Waals surface area (Å²) < 4.78 is 0. The number of benzene rings is 1. The number of aromatic nitrogens is 2. The van der Waals surface area contributed by atoms with Gasteiger partial charge in [-0.2, -0.15) is 10.2 Å². The van der Waals surface area contributed by atoms with Crippen LogP contribution in [0.1, 0.15) is 12.6 Å². The van der Waals surface area contributed by atoms with Gasteiger partial charge in [0.05, 0.1) is 11.2 Å². The largest absolute Gasteiger partial charge is 0.314 e. The molecule has 4 nitrogen and oxygen atoms in total. The average molecular weight is 256 g/mol. The normalized spacial score (nSPS) is 18.6. The quantitative estimate of drug-likeness (QED) is 0.903. The van der Waals surface area contributed by atoms with Crippen molar-refractivity contribution in [3.63, 3.8) is 0 Å². The van der Waals surface area contributed by atoms with Crippen LogP contribution in [0.2, 0.25) is 0 Å². The minimum Gasteiger partial charge on any atom is -0.314 e. The van der Waals surface area contributed by atoms with Crippen molar-refractivity contribution < 1.29 is 0 Å². The predicted octanol–water partition coefficient (Wildman–Crippen LogP) is 1.47. The second-order valence-electron chi connectivity index (χ2n) is 5.23. The highest BCUT2D eigenvalue weighted by atomic mass is 15.2. The van der Waals surface area contributed by atoms with Crippen molar-refractivity contribution in [3.05, 3.63) is 36.0 Å². The van der Waals surface area contributed by atoms with Gasteiger partial charge in [0.15, 0.2) is 0 Å². The van der Waals surface area contributed by atoms with E-state index in [9.17, 15) is 0 Å². The SMILES string of the molecule is CC(Cc1cc2ccccc2nn1)N1CCNCC1. The lowest BCUT2D eigenvalue weighted by Crippen LogP contribution is -2.48. The van der Waals surface area contributed by atoms with Gasteiger partial charge in [-0.05, 0) is 19.1 Å². The molecule has 100 valence electrons. The lowest BCUT2D eigenvalue weighted by Gasteiger charge is -2.32. The van der Waals surface area contributed by atoms with Gasteiger partial charge >= 0.3 is 0 Å². The van der Waals surface area contributed by atoms with Crippen molar-refractivity contribution in [2.24, 2.45) is 0 Å². The van der Waals surface area contributed by atoms with Crippen molar-refractivity contribution in [2.75, 3.05) is 26.2 Å². The molecule has 0 bridgehead atoms. The number of hydrogen-bond acceptors (Lipinski definition) is 4. The Hall–Kier alpha value is -1.52. The lowest BCUT2D eigenvalue weighted by molar-refractivity contribution is 0.182. The van der Waals surface area contributed by atoms with Crippen LogP contribution in [-0.4, -0.2) is 47.3 Å². The van der Waals surface area contributed by atoms with Gasteiger partial charge in [-0.1, -0.05) is 18.2 Å². The van der Waals surface area contributed by atoms with E-state index in [4.69, 9.17) is 0 Å². The topological polar surface area (TPSA) is 41.1 Å². The number of nitrogens with one attached hydrogen (secondary N) is 1. The molecule has 0 aliphatic carbocycles. The maximum atomic E-state index is 4.35. The molecule has 1 aliphatic heterocycles. The minimum atomic E-state index is 0.526. The lowest BCUT2D eigenvalue weighted by atomic mass is 10.1. The fourth-order valence-electron chi connectivity index (χ4n) is 2.68. The zero-order valence-corrected chi connectivity index (χ0v) is 11.3. The maximum Gasteiger partial charge on any atom is 0.0929 e. The van der Waals surface area contributed by atoms with Gasteiger partial charge in [0.2, 0.25) is 0 Å². The third-order valence-corrected chi connectivity index (χ3v) is 3.82. The molecule has 1 N–H and O–H groups in total. The van der Waals surface area contributed by atoms with Crippen molar-refractivity contribution >= 4 is 10.9 Å². The third kappa shape index (κ3) is 2.91. The zero-order valence-electron chi connectivity index (χ0n) is 11.3. The van der Waals surface area contributed by atoms with E-state index in [-0.39, 0.29) is 0 Å². The number of nitrogens with zero attached hydrogens (tertiary/aromatic N) is 3. The van der Waals surface area contributed by atoms with Crippen LogP contribution in [0.3, 0.4) is 0 Å². The summed E-state index contributed by atoms with van der Waals surface area (Å²) >= 11 is 0. The van der Waals surface area contributed by atoms with Gasteiger partial charge in [0.25, 0.3) is 0 Å². The highest BCUT2D eigenvalue weighted by Gasteiger charge is 2.17. The molecule has 2 aromatic rings. The summed E-state index contributed by atoms with van der Waals surface area (Å²) in [5, 5.41) is 13.2. The van der Waals surface area contributed by atoms with Crippen LogP contribution in [0.5, 0.6) is 0 Å². The van der Waals surface area contributed by atoms with E-state index in [1.54, 1.807) is 0 Å². The summed E-state index contributed by atoms with van der Waals surface area (Å²) in [5.74, 6) is 0. The molecule has 0 spiro atoms. The average Bonchev–Trinajstić information content (AvgIpc) is 2.48. The zero-order chi connectivity index (χ0) is 13.1. The molecule has 0 radical (unpaired) electrons. The van der Waals surface area contributed by atoms with E-state index in [0.717, 1.165) is 43.8 Å². The summed E-state index contributed by atoms with van der Waals surface area (Å²) in [4.78, 5) is 2.52. The van der Waals surface area contributed by atoms with Crippen LogP contribution in [0.25, 0.3) is 10.9 Å². The molecule has 4 heteroatoms. The molecule has 1 saturated heterocycles. The Morgan fingerprint density at radius 3 is 2.84 bits per heavy atom. The molecule has 1 aliphatic rings. The maximum absolute atomic E-state index is 4.35. The Bertz CT molecular complexity index is 549. The molecule has 3 rings (SSSR count). The van der Waals surface area contributed by atoms with Gasteiger partial charge in [-0.25, -0.2) is 0 Å². The highest BCUT2D eigenvalue weighted by Crippen LogP contribution is 2.13. The summed E-state index contributed by atoms with van der Waals surface area (Å²) in [6.45, 7) is 6.72. The van der Waals surface area contributed by atoms with Gasteiger partial charge in [0, 0.05) is 44.0 Å². The number of rotatable bonds is 3. The molecule has 1 aromatic carbocycles. The first-order valence-corrected chi connectivity index (χ1v) is 6.99. The Morgan fingerprint density at radius 2 is 2.00 bits per heavy atom. The Morgan fingerprint density at radius 1 is 1.21 bits per heavy atom. The van der Waals surface area contributed by atoms with Crippen LogP contribution >= 0.6 is 0 Å². The van der Waals surface area contributed by atoms with Crippen molar-refractivity contribution in [1.29, 1.82) is 0 Å². The molecular formula is C15H20N4. The Balaban J connectivity index is 1.73. The van der Waals surface area contributed by atoms with E-state index in [1.165, 1.54) is 5.39 Å². The third-order valence-electron chi connectivity index (χ3n) is 3.82. The second-order valence-corrected chi connectivity index (χ2v) is 5.23. The molecule has 19 heavy (non-hydrogen) atoms. The van der Waals surface area contributed by atoms with Crippen LogP contribution < -0.4 is 5.32 Å². The number of hydrogen-bond donors (Lipinski definition) is 1. The monoisotopic (exact) mass is 256 g/mol. The van der Waals surface area contributed by atoms with Crippen LogP contribution in [0.4, 0.5) is 0 Å². The van der Waals surface area contributed by atoms with E-state index < -0.39 is 0 Å². The first-order chi connectivity index (χ1) is 9.33. The van der Waals surface area contributed by atoms with Crippen LogP contribution in [0.15, 0.2) is 30.3 Å². The van der Waals surface area contributed by atoms with Gasteiger partial charge in [-0.15, -0.1) is 0 Å². The van der Waals surface area contributed by atoms with E-state index in [1.807, 2.05) is 18.2 Å². The summed E-state index contributed by atoms with van der Waals surface area (Å²) in [7, 11) is 0. The summed E-state index contributed by atoms with van der Waals surface area (Å²) in [6, 6.07) is 10.8. The van der Waals surface area contributed by atoms with Gasteiger partial charge < -0.3 is 5.32 Å². The molecule has 0 saturated carbocycles. The van der Waals surface area contributed by atoms with Gasteiger partial charge in [0.1, 0.15) is 0 Å². The molecule has 1 aromatic heterocycles. The van der Waals surface area contributed by atoms with Gasteiger partial charge in [-0.3, -0.25) is 4.90 Å². The van der Waals surface area contributed by atoms with Crippen molar-refractivity contribution in [1.82, 2.24) is 20.4 Å². The highest BCUT2D eigenvalue weighted by molar-refractivity contribution is 5.77. The van der Waals surface area contributed by atoms with Crippen molar-refractivity contribution in [3.8, 4) is 0 Å². The number of fused-ring (bicyclic) bond motifs is 1. The smallest absolute Gasteiger partial charge is 0.0929 e. The standard InChI is InChI=1S/C15H20N4/c1-12(19-8-6-16-7-9-19)10-14-11-13-4-2-3-5-15(13)18-17-14/h2-5,11-12,16H,6-10H2,1H3. The second kappa shape index (κ2) is 5.63. The van der Waals surface area contributed by atoms with Crippen LogP contribution in [-0.2, 0) is 6.42 Å². The summed E-state index contributed by atoms with van der Waals surface area (Å²) in [6.07, 6.45) is 0.970. The first kappa shape index (κ1) is 12.5. The molecule has 0 amide bonds. The molecule has 1 atom stereocenters. The van der Waals surface area contributed by atoms with E-state index >= 15 is 0 Å². The predicted molar refractivity (Wildman–Crippen MR) is 77.1 cm³/mol.